The summed E-state index contributed by atoms with van der Waals surface area (Å²) in [6.07, 6.45) is 1.20. The number of methoxy groups -OCH3 is 2. The molecule has 8 heteroatoms. The topological polar surface area (TPSA) is 80.3 Å². The van der Waals surface area contributed by atoms with Gasteiger partial charge in [-0.25, -0.2) is 4.79 Å². The standard InChI is InChI=1S/C25H31N3O5/c1-17-16-28(20-8-4-5-9-21(20)33-17)25(30)27-13-11-18(12-14-27)24(29)26-15-19-7-6-10-22(31-2)23(19)32-3/h4-10,17-18H,11-16H2,1-3H3,(H,26,29)/t17-/m0/s1. The van der Waals surface area contributed by atoms with Crippen molar-refractivity contribution in [3.05, 3.63) is 48.0 Å². The third kappa shape index (κ3) is 4.84. The van der Waals surface area contributed by atoms with Crippen LogP contribution in [0.3, 0.4) is 0 Å². The highest BCUT2D eigenvalue weighted by atomic mass is 16.5. The van der Waals surface area contributed by atoms with Gasteiger partial charge >= 0.3 is 6.03 Å². The third-order valence-corrected chi connectivity index (χ3v) is 6.23. The summed E-state index contributed by atoms with van der Waals surface area (Å²) in [6, 6.07) is 13.2. The smallest absolute Gasteiger partial charge is 0.324 e. The number of carbonyl (C=O) groups excluding carboxylic acids is 2. The van der Waals surface area contributed by atoms with Crippen LogP contribution in [0.5, 0.6) is 17.2 Å². The van der Waals surface area contributed by atoms with E-state index < -0.39 is 0 Å². The van der Waals surface area contributed by atoms with Gasteiger partial charge in [0.25, 0.3) is 0 Å². The lowest BCUT2D eigenvalue weighted by molar-refractivity contribution is -0.126. The number of benzene rings is 2. The number of fused-ring (bicyclic) bond motifs is 1. The van der Waals surface area contributed by atoms with Crippen LogP contribution in [0.4, 0.5) is 10.5 Å². The van der Waals surface area contributed by atoms with Crippen molar-refractivity contribution in [1.82, 2.24) is 10.2 Å². The Bertz CT molecular complexity index is 1000. The molecule has 0 aromatic heterocycles. The molecule has 3 amide bonds. The quantitative estimate of drug-likeness (QED) is 0.750. The zero-order chi connectivity index (χ0) is 23.4. The number of amides is 3. The van der Waals surface area contributed by atoms with Crippen LogP contribution in [-0.2, 0) is 11.3 Å². The number of ether oxygens (including phenoxy) is 3. The second-order valence-corrected chi connectivity index (χ2v) is 8.42. The molecule has 1 atom stereocenters. The first-order chi connectivity index (χ1) is 16.0. The molecule has 2 aliphatic heterocycles. The molecule has 0 spiro atoms. The summed E-state index contributed by atoms with van der Waals surface area (Å²) in [4.78, 5) is 29.7. The number of urea groups is 1. The molecule has 4 rings (SSSR count). The number of hydrogen-bond donors (Lipinski definition) is 1. The molecule has 1 saturated heterocycles. The second kappa shape index (κ2) is 10.0. The Morgan fingerprint density at radius 3 is 2.55 bits per heavy atom. The lowest BCUT2D eigenvalue weighted by Gasteiger charge is -2.39. The van der Waals surface area contributed by atoms with Gasteiger partial charge in [0.2, 0.25) is 5.91 Å². The van der Waals surface area contributed by atoms with Crippen LogP contribution in [0.2, 0.25) is 0 Å². The number of hydrogen-bond acceptors (Lipinski definition) is 5. The summed E-state index contributed by atoms with van der Waals surface area (Å²) >= 11 is 0. The average Bonchev–Trinajstić information content (AvgIpc) is 2.85. The molecule has 176 valence electrons. The molecule has 0 radical (unpaired) electrons. The van der Waals surface area contributed by atoms with Crippen molar-refractivity contribution in [2.24, 2.45) is 5.92 Å². The summed E-state index contributed by atoms with van der Waals surface area (Å²) in [7, 11) is 3.18. The number of para-hydroxylation sites is 3. The molecular formula is C25H31N3O5. The van der Waals surface area contributed by atoms with E-state index in [-0.39, 0.29) is 24.0 Å². The first kappa shape index (κ1) is 22.8. The van der Waals surface area contributed by atoms with Crippen LogP contribution < -0.4 is 24.4 Å². The highest BCUT2D eigenvalue weighted by Gasteiger charge is 2.33. The van der Waals surface area contributed by atoms with Crippen molar-refractivity contribution in [3.63, 3.8) is 0 Å². The van der Waals surface area contributed by atoms with Crippen molar-refractivity contribution in [1.29, 1.82) is 0 Å². The Balaban J connectivity index is 1.33. The van der Waals surface area contributed by atoms with Crippen molar-refractivity contribution >= 4 is 17.6 Å². The fourth-order valence-electron chi connectivity index (χ4n) is 4.49. The number of nitrogens with one attached hydrogen (secondary N) is 1. The first-order valence-electron chi connectivity index (χ1n) is 11.3. The molecule has 0 aliphatic carbocycles. The largest absolute Gasteiger partial charge is 0.493 e. The predicted molar refractivity (Wildman–Crippen MR) is 125 cm³/mol. The van der Waals surface area contributed by atoms with E-state index in [9.17, 15) is 9.59 Å². The van der Waals surface area contributed by atoms with E-state index in [1.54, 1.807) is 19.1 Å². The van der Waals surface area contributed by atoms with Crippen LogP contribution >= 0.6 is 0 Å². The second-order valence-electron chi connectivity index (χ2n) is 8.42. The zero-order valence-corrected chi connectivity index (χ0v) is 19.4. The molecule has 2 heterocycles. The van der Waals surface area contributed by atoms with Crippen LogP contribution in [0.1, 0.15) is 25.3 Å². The molecular weight excluding hydrogens is 422 g/mol. The van der Waals surface area contributed by atoms with E-state index in [0.29, 0.717) is 50.5 Å². The summed E-state index contributed by atoms with van der Waals surface area (Å²) in [5.41, 5.74) is 1.66. The predicted octanol–water partition coefficient (Wildman–Crippen LogP) is 3.44. The van der Waals surface area contributed by atoms with E-state index in [1.807, 2.05) is 54.3 Å². The normalized spacial score (nSPS) is 18.2. The molecule has 0 saturated carbocycles. The van der Waals surface area contributed by atoms with Crippen molar-refractivity contribution in [2.45, 2.75) is 32.4 Å². The maximum absolute atomic E-state index is 13.2. The Labute approximate surface area is 194 Å². The van der Waals surface area contributed by atoms with E-state index in [4.69, 9.17) is 14.2 Å². The maximum atomic E-state index is 13.2. The summed E-state index contributed by atoms with van der Waals surface area (Å²) in [5, 5.41) is 3.02. The molecule has 33 heavy (non-hydrogen) atoms. The Morgan fingerprint density at radius 2 is 1.82 bits per heavy atom. The van der Waals surface area contributed by atoms with Crippen LogP contribution in [0.15, 0.2) is 42.5 Å². The highest BCUT2D eigenvalue weighted by Crippen LogP contribution is 2.34. The van der Waals surface area contributed by atoms with Gasteiger partial charge in [0.05, 0.1) is 26.5 Å². The van der Waals surface area contributed by atoms with Crippen molar-refractivity contribution in [2.75, 3.05) is 38.8 Å². The Kier molecular flexibility index (Phi) is 6.91. The van der Waals surface area contributed by atoms with Gasteiger partial charge in [-0.2, -0.15) is 0 Å². The van der Waals surface area contributed by atoms with E-state index in [0.717, 1.165) is 17.0 Å². The monoisotopic (exact) mass is 453 g/mol. The molecule has 2 aromatic carbocycles. The van der Waals surface area contributed by atoms with Gasteiger partial charge in [0, 0.05) is 31.1 Å². The number of piperidine rings is 1. The molecule has 0 unspecified atom stereocenters. The average molecular weight is 454 g/mol. The van der Waals surface area contributed by atoms with E-state index in [1.165, 1.54) is 0 Å². The molecule has 1 fully saturated rings. The number of nitrogens with zero attached hydrogens (tertiary/aromatic N) is 2. The SMILES string of the molecule is COc1cccc(CNC(=O)C2CCN(C(=O)N3C[C@H](C)Oc4ccccc43)CC2)c1OC. The van der Waals surface area contributed by atoms with E-state index >= 15 is 0 Å². The maximum Gasteiger partial charge on any atom is 0.324 e. The zero-order valence-electron chi connectivity index (χ0n) is 19.4. The van der Waals surface area contributed by atoms with Crippen molar-refractivity contribution in [3.8, 4) is 17.2 Å². The number of carbonyl (C=O) groups is 2. The Morgan fingerprint density at radius 1 is 1.06 bits per heavy atom. The number of likely N-dealkylation sites (tertiary alicyclic amines) is 1. The van der Waals surface area contributed by atoms with Gasteiger partial charge in [-0.15, -0.1) is 0 Å². The van der Waals surface area contributed by atoms with Gasteiger partial charge in [0.15, 0.2) is 11.5 Å². The summed E-state index contributed by atoms with van der Waals surface area (Å²) in [5.74, 6) is 1.86. The Hall–Kier alpha value is -3.42. The molecule has 2 aromatic rings. The van der Waals surface area contributed by atoms with Gasteiger partial charge < -0.3 is 24.4 Å². The van der Waals surface area contributed by atoms with Gasteiger partial charge in [0.1, 0.15) is 11.9 Å². The minimum Gasteiger partial charge on any atom is -0.493 e. The molecule has 2 aliphatic rings. The lowest BCUT2D eigenvalue weighted by atomic mass is 9.96. The van der Waals surface area contributed by atoms with E-state index in [2.05, 4.69) is 5.32 Å². The van der Waals surface area contributed by atoms with Crippen molar-refractivity contribution < 1.29 is 23.8 Å². The highest BCUT2D eigenvalue weighted by molar-refractivity contribution is 5.94. The lowest BCUT2D eigenvalue weighted by Crippen LogP contribution is -2.52. The third-order valence-electron chi connectivity index (χ3n) is 6.23. The van der Waals surface area contributed by atoms with Crippen LogP contribution in [0.25, 0.3) is 0 Å². The number of anilines is 1. The fraction of sp³-hybridized carbons (Fsp3) is 0.440. The van der Waals surface area contributed by atoms with Crippen LogP contribution in [-0.4, -0.2) is 56.8 Å². The molecule has 1 N–H and O–H groups in total. The van der Waals surface area contributed by atoms with Gasteiger partial charge in [-0.1, -0.05) is 24.3 Å². The molecule has 0 bridgehead atoms. The first-order valence-corrected chi connectivity index (χ1v) is 11.3. The summed E-state index contributed by atoms with van der Waals surface area (Å²) in [6.45, 7) is 3.93. The van der Waals surface area contributed by atoms with Gasteiger partial charge in [-0.3, -0.25) is 9.69 Å². The minimum atomic E-state index is -0.124. The summed E-state index contributed by atoms with van der Waals surface area (Å²) < 4.78 is 16.6. The fourth-order valence-corrected chi connectivity index (χ4v) is 4.49. The molecule has 8 nitrogen and oxygen atoms in total. The number of rotatable bonds is 5. The van der Waals surface area contributed by atoms with Crippen LogP contribution in [0, 0.1) is 5.92 Å². The van der Waals surface area contributed by atoms with Gasteiger partial charge in [-0.05, 0) is 38.0 Å². The minimum absolute atomic E-state index is 0.00249.